The van der Waals surface area contributed by atoms with Crippen LogP contribution in [0.25, 0.3) is 27.1 Å². The molecule has 0 atom stereocenters. The molecule has 0 spiro atoms. The number of fused-ring (bicyclic) bond motifs is 3. The zero-order valence-electron chi connectivity index (χ0n) is 14.0. The van der Waals surface area contributed by atoms with Crippen LogP contribution in [0, 0.1) is 0 Å². The molecule has 3 nitrogen and oxygen atoms in total. The van der Waals surface area contributed by atoms with E-state index in [1.165, 1.54) is 22.8 Å². The lowest BCUT2D eigenvalue weighted by atomic mass is 10.1. The summed E-state index contributed by atoms with van der Waals surface area (Å²) in [6, 6.07) is 19.8. The second-order valence-corrected chi connectivity index (χ2v) is 7.30. The van der Waals surface area contributed by atoms with E-state index in [-0.39, 0.29) is 5.91 Å². The number of halogens is 1. The Balaban J connectivity index is 1.76. The van der Waals surface area contributed by atoms with Gasteiger partial charge < -0.3 is 4.57 Å². The van der Waals surface area contributed by atoms with E-state index in [1.54, 1.807) is 12.1 Å². The molecule has 1 aromatic heterocycles. The van der Waals surface area contributed by atoms with Gasteiger partial charge in [0.25, 0.3) is 5.91 Å². The third-order valence-corrected chi connectivity index (χ3v) is 5.64. The van der Waals surface area contributed by atoms with Crippen LogP contribution in [0.15, 0.2) is 71.7 Å². The van der Waals surface area contributed by atoms with Crippen molar-refractivity contribution >= 4 is 55.9 Å². The Morgan fingerprint density at radius 3 is 2.69 bits per heavy atom. The fraction of sp³-hybridized carbons (Fsp3) is 0.0476. The number of aromatic nitrogens is 1. The highest BCUT2D eigenvalue weighted by molar-refractivity contribution is 7.16. The fourth-order valence-electron chi connectivity index (χ4n) is 2.93. The zero-order chi connectivity index (χ0) is 18.1. The van der Waals surface area contributed by atoms with Gasteiger partial charge in [-0.2, -0.15) is 4.99 Å². The molecule has 4 aromatic rings. The highest BCUT2D eigenvalue weighted by Gasteiger charge is 2.07. The molecule has 0 aliphatic rings. The average Bonchev–Trinajstić information content (AvgIpc) is 2.97. The number of thiazole rings is 1. The quantitative estimate of drug-likeness (QED) is 0.442. The standard InChI is InChI=1S/C21H15ClN2OS/c1-24-20-16-8-4-2-6-14(16)10-12-18(20)26-21(24)23-19(25)13-11-15-7-3-5-9-17(15)22/h2-13H,1H3. The third kappa shape index (κ3) is 3.09. The van der Waals surface area contributed by atoms with Crippen molar-refractivity contribution in [1.82, 2.24) is 4.57 Å². The Hall–Kier alpha value is -2.69. The van der Waals surface area contributed by atoms with Crippen molar-refractivity contribution in [3.05, 3.63) is 82.1 Å². The van der Waals surface area contributed by atoms with E-state index < -0.39 is 0 Å². The van der Waals surface area contributed by atoms with Crippen molar-refractivity contribution in [1.29, 1.82) is 0 Å². The van der Waals surface area contributed by atoms with Crippen molar-refractivity contribution in [3.8, 4) is 0 Å². The van der Waals surface area contributed by atoms with Crippen LogP contribution in [0.1, 0.15) is 5.56 Å². The maximum atomic E-state index is 12.3. The smallest absolute Gasteiger partial charge is 0.272 e. The van der Waals surface area contributed by atoms with E-state index in [0.29, 0.717) is 9.82 Å². The first-order valence-electron chi connectivity index (χ1n) is 8.12. The number of benzene rings is 3. The normalized spacial score (nSPS) is 12.5. The number of nitrogens with zero attached hydrogens (tertiary/aromatic N) is 2. The molecule has 0 radical (unpaired) electrons. The van der Waals surface area contributed by atoms with E-state index >= 15 is 0 Å². The fourth-order valence-corrected chi connectivity index (χ4v) is 4.17. The molecule has 0 N–H and O–H groups in total. The Bertz CT molecular complexity index is 1230. The molecule has 5 heteroatoms. The van der Waals surface area contributed by atoms with Crippen LogP contribution >= 0.6 is 22.9 Å². The Morgan fingerprint density at radius 2 is 1.85 bits per heavy atom. The second kappa shape index (κ2) is 6.90. The molecule has 3 aromatic carbocycles. The molecule has 1 heterocycles. The molecule has 0 aliphatic carbocycles. The molecular formula is C21H15ClN2OS. The summed E-state index contributed by atoms with van der Waals surface area (Å²) in [6.45, 7) is 0. The lowest BCUT2D eigenvalue weighted by Crippen LogP contribution is -2.12. The van der Waals surface area contributed by atoms with Gasteiger partial charge in [0.1, 0.15) is 0 Å². The van der Waals surface area contributed by atoms with Crippen molar-refractivity contribution in [2.45, 2.75) is 0 Å². The Kier molecular flexibility index (Phi) is 4.45. The topological polar surface area (TPSA) is 34.4 Å². The van der Waals surface area contributed by atoms with Gasteiger partial charge in [0.05, 0.1) is 10.2 Å². The predicted octanol–water partition coefficient (Wildman–Crippen LogP) is 5.19. The number of carbonyl (C=O) groups excluding carboxylic acids is 1. The van der Waals surface area contributed by atoms with E-state index in [2.05, 4.69) is 29.3 Å². The van der Waals surface area contributed by atoms with E-state index in [0.717, 1.165) is 21.2 Å². The van der Waals surface area contributed by atoms with Crippen LogP contribution in [0.5, 0.6) is 0 Å². The zero-order valence-corrected chi connectivity index (χ0v) is 15.6. The van der Waals surface area contributed by atoms with Crippen LogP contribution in [0.2, 0.25) is 5.02 Å². The molecule has 4 rings (SSSR count). The van der Waals surface area contributed by atoms with Crippen LogP contribution in [0.3, 0.4) is 0 Å². The molecule has 26 heavy (non-hydrogen) atoms. The van der Waals surface area contributed by atoms with Crippen LogP contribution in [-0.4, -0.2) is 10.5 Å². The van der Waals surface area contributed by atoms with Crippen molar-refractivity contribution < 1.29 is 4.79 Å². The maximum absolute atomic E-state index is 12.3. The minimum atomic E-state index is -0.309. The summed E-state index contributed by atoms with van der Waals surface area (Å²) in [6.07, 6.45) is 3.14. The number of aryl methyl sites for hydroxylation is 1. The molecule has 0 fully saturated rings. The summed E-state index contributed by atoms with van der Waals surface area (Å²) in [5, 5.41) is 2.93. The summed E-state index contributed by atoms with van der Waals surface area (Å²) < 4.78 is 3.08. The molecule has 128 valence electrons. The van der Waals surface area contributed by atoms with Gasteiger partial charge in [0, 0.05) is 23.5 Å². The summed E-state index contributed by atoms with van der Waals surface area (Å²) in [5.41, 5.74) is 1.89. The van der Waals surface area contributed by atoms with Crippen LogP contribution < -0.4 is 4.80 Å². The predicted molar refractivity (Wildman–Crippen MR) is 109 cm³/mol. The lowest BCUT2D eigenvalue weighted by molar-refractivity contribution is -0.113. The highest BCUT2D eigenvalue weighted by atomic mass is 35.5. The van der Waals surface area contributed by atoms with Gasteiger partial charge in [-0.3, -0.25) is 4.79 Å². The van der Waals surface area contributed by atoms with Crippen molar-refractivity contribution in [3.63, 3.8) is 0 Å². The van der Waals surface area contributed by atoms with Gasteiger partial charge in [-0.15, -0.1) is 0 Å². The number of hydrogen-bond acceptors (Lipinski definition) is 2. The van der Waals surface area contributed by atoms with Gasteiger partial charge in [0.15, 0.2) is 4.80 Å². The van der Waals surface area contributed by atoms with Gasteiger partial charge in [-0.05, 0) is 29.2 Å². The maximum Gasteiger partial charge on any atom is 0.272 e. The summed E-state index contributed by atoms with van der Waals surface area (Å²) in [5.74, 6) is -0.309. The number of hydrogen-bond donors (Lipinski definition) is 0. The molecular weight excluding hydrogens is 364 g/mol. The first-order valence-corrected chi connectivity index (χ1v) is 9.31. The van der Waals surface area contributed by atoms with Crippen molar-refractivity contribution in [2.75, 3.05) is 0 Å². The lowest BCUT2D eigenvalue weighted by Gasteiger charge is -2.01. The van der Waals surface area contributed by atoms with Gasteiger partial charge in [-0.1, -0.05) is 71.5 Å². The molecule has 1 amide bonds. The molecule has 0 saturated carbocycles. The molecule has 0 aliphatic heterocycles. The Morgan fingerprint density at radius 1 is 1.08 bits per heavy atom. The van der Waals surface area contributed by atoms with E-state index in [9.17, 15) is 4.79 Å². The summed E-state index contributed by atoms with van der Waals surface area (Å²) in [4.78, 5) is 17.2. The average molecular weight is 379 g/mol. The summed E-state index contributed by atoms with van der Waals surface area (Å²) >= 11 is 7.61. The minimum Gasteiger partial charge on any atom is -0.319 e. The van der Waals surface area contributed by atoms with Crippen molar-refractivity contribution in [2.24, 2.45) is 12.0 Å². The molecule has 0 saturated heterocycles. The van der Waals surface area contributed by atoms with Gasteiger partial charge in [-0.25, -0.2) is 0 Å². The summed E-state index contributed by atoms with van der Waals surface area (Å²) in [7, 11) is 1.94. The highest BCUT2D eigenvalue weighted by Crippen LogP contribution is 2.26. The third-order valence-electron chi connectivity index (χ3n) is 4.20. The molecule has 0 unspecified atom stereocenters. The van der Waals surface area contributed by atoms with E-state index in [1.807, 2.05) is 41.9 Å². The van der Waals surface area contributed by atoms with Crippen LogP contribution in [-0.2, 0) is 11.8 Å². The first kappa shape index (κ1) is 16.8. The monoisotopic (exact) mass is 378 g/mol. The number of carbonyl (C=O) groups is 1. The van der Waals surface area contributed by atoms with Gasteiger partial charge in [0.2, 0.25) is 0 Å². The number of amides is 1. The van der Waals surface area contributed by atoms with E-state index in [4.69, 9.17) is 11.6 Å². The first-order chi connectivity index (χ1) is 12.6. The minimum absolute atomic E-state index is 0.309. The largest absolute Gasteiger partial charge is 0.319 e. The Labute approximate surface area is 159 Å². The molecule has 0 bridgehead atoms. The second-order valence-electron chi connectivity index (χ2n) is 5.88. The SMILES string of the molecule is Cn1c(=NC(=O)C=Cc2ccccc2Cl)sc2ccc3ccccc3c21. The number of rotatable bonds is 2. The van der Waals surface area contributed by atoms with Gasteiger partial charge >= 0.3 is 0 Å². The van der Waals surface area contributed by atoms with Crippen LogP contribution in [0.4, 0.5) is 0 Å².